The van der Waals surface area contributed by atoms with Crippen LogP contribution in [-0.2, 0) is 9.59 Å². The number of hydrogen-bond donors (Lipinski definition) is 1. The number of carbonyl (C=O) groups is 2. The van der Waals surface area contributed by atoms with Crippen molar-refractivity contribution in [3.8, 4) is 0 Å². The van der Waals surface area contributed by atoms with Crippen molar-refractivity contribution in [2.24, 2.45) is 0 Å². The highest BCUT2D eigenvalue weighted by molar-refractivity contribution is 8.14. The van der Waals surface area contributed by atoms with E-state index in [1.54, 1.807) is 0 Å². The molecule has 2 N–H and O–H groups in total. The first-order chi connectivity index (χ1) is 4.04. The van der Waals surface area contributed by atoms with E-state index in [0.717, 1.165) is 0 Å². The molecule has 4 nitrogen and oxygen atoms in total. The van der Waals surface area contributed by atoms with Gasteiger partial charge in [-0.15, -0.1) is 0 Å². The number of hydrogen-bond acceptors (Lipinski definition) is 4. The maximum absolute atomic E-state index is 10.1. The Morgan fingerprint density at radius 1 is 1.67 bits per heavy atom. The van der Waals surface area contributed by atoms with Crippen molar-refractivity contribution in [3.63, 3.8) is 0 Å². The Labute approximate surface area is 56.4 Å². The van der Waals surface area contributed by atoms with Crippen LogP contribution in [-0.4, -0.2) is 21.6 Å². The van der Waals surface area contributed by atoms with Crippen LogP contribution in [0.2, 0.25) is 0 Å². The molecule has 0 spiro atoms. The van der Waals surface area contributed by atoms with Crippen molar-refractivity contribution in [2.75, 3.05) is 0 Å². The van der Waals surface area contributed by atoms with E-state index in [1.807, 2.05) is 0 Å². The second kappa shape index (κ2) is 3.47. The second-order valence-electron chi connectivity index (χ2n) is 1.33. The van der Waals surface area contributed by atoms with Crippen molar-refractivity contribution in [2.45, 2.75) is 12.4 Å². The van der Waals surface area contributed by atoms with Crippen LogP contribution in [0.4, 0.5) is 0 Å². The lowest BCUT2D eigenvalue weighted by atomic mass is 10.7. The lowest BCUT2D eigenvalue weighted by Crippen LogP contribution is -2.18. The molecular weight excluding hydrogens is 142 g/mol. The minimum Gasteiger partial charge on any atom is -0.373 e. The average molecular weight is 148 g/mol. The van der Waals surface area contributed by atoms with Crippen LogP contribution in [0.3, 0.4) is 0 Å². The summed E-state index contributed by atoms with van der Waals surface area (Å²) in [6.07, 6.45) is 0. The van der Waals surface area contributed by atoms with Gasteiger partial charge in [-0.3, -0.25) is 15.3 Å². The van der Waals surface area contributed by atoms with Gasteiger partial charge < -0.3 is 5.11 Å². The maximum atomic E-state index is 10.1. The molecule has 0 aromatic carbocycles. The quantitative estimate of drug-likeness (QED) is 0.530. The highest BCUT2D eigenvalue weighted by Crippen LogP contribution is 2.07. The summed E-state index contributed by atoms with van der Waals surface area (Å²) in [6.45, 7) is 1.22. The lowest BCUT2D eigenvalue weighted by molar-refractivity contribution is -0.123. The zero-order valence-electron chi connectivity index (χ0n) is 4.75. The standard InChI is InChI=1S/C4H6NO3S/c1-2(6)9-4(8)3(5)7/h4-5,8H,1H3/t4-/m0/s1. The third-order valence-corrected chi connectivity index (χ3v) is 1.27. The van der Waals surface area contributed by atoms with Crippen molar-refractivity contribution >= 4 is 22.8 Å². The Bertz CT molecular complexity index is 136. The summed E-state index contributed by atoms with van der Waals surface area (Å²) in [6, 6.07) is 0. The van der Waals surface area contributed by atoms with Gasteiger partial charge in [0.15, 0.2) is 10.6 Å². The Kier molecular flexibility index (Phi) is 3.26. The van der Waals surface area contributed by atoms with Gasteiger partial charge in [-0.05, 0) is 11.8 Å². The lowest BCUT2D eigenvalue weighted by Gasteiger charge is -1.98. The molecule has 0 aromatic heterocycles. The third-order valence-electron chi connectivity index (χ3n) is 0.502. The van der Waals surface area contributed by atoms with E-state index in [4.69, 9.17) is 10.8 Å². The molecule has 0 fully saturated rings. The van der Waals surface area contributed by atoms with Gasteiger partial charge >= 0.3 is 0 Å². The molecule has 0 aliphatic heterocycles. The molecule has 1 atom stereocenters. The van der Waals surface area contributed by atoms with Gasteiger partial charge in [0.2, 0.25) is 0 Å². The van der Waals surface area contributed by atoms with Crippen molar-refractivity contribution < 1.29 is 14.7 Å². The van der Waals surface area contributed by atoms with Crippen LogP contribution in [0.5, 0.6) is 0 Å². The van der Waals surface area contributed by atoms with Gasteiger partial charge in [0.1, 0.15) is 0 Å². The topological polar surface area (TPSA) is 78.2 Å². The number of thioether (sulfide) groups is 1. The summed E-state index contributed by atoms with van der Waals surface area (Å²) in [5, 5.41) is 8.13. The molecule has 0 rings (SSSR count). The molecule has 5 heteroatoms. The first kappa shape index (κ1) is 8.45. The average Bonchev–Trinajstić information content (AvgIpc) is 1.63. The zero-order chi connectivity index (χ0) is 7.44. The molecule has 0 aliphatic rings. The van der Waals surface area contributed by atoms with Crippen LogP contribution in [0.25, 0.3) is 0 Å². The molecule has 1 amide bonds. The summed E-state index contributed by atoms with van der Waals surface area (Å²) in [5.74, 6) is -1.14. The Balaban J connectivity index is 3.63. The number of rotatable bonds is 2. The van der Waals surface area contributed by atoms with Crippen LogP contribution in [0.15, 0.2) is 0 Å². The molecule has 0 unspecified atom stereocenters. The summed E-state index contributed by atoms with van der Waals surface area (Å²) in [7, 11) is 0. The summed E-state index contributed by atoms with van der Waals surface area (Å²) in [4.78, 5) is 20.0. The van der Waals surface area contributed by atoms with Gasteiger partial charge in [0.05, 0.1) is 0 Å². The number of carbonyl (C=O) groups excluding carboxylic acids is 2. The molecule has 51 valence electrons. The first-order valence-corrected chi connectivity index (χ1v) is 3.02. The Hall–Kier alpha value is -0.550. The van der Waals surface area contributed by atoms with Gasteiger partial charge in [0, 0.05) is 6.92 Å². The minimum atomic E-state index is -1.51. The maximum Gasteiger partial charge on any atom is 0.278 e. The monoisotopic (exact) mass is 148 g/mol. The predicted molar refractivity (Wildman–Crippen MR) is 32.4 cm³/mol. The van der Waals surface area contributed by atoms with E-state index >= 15 is 0 Å². The molecule has 1 radical (unpaired) electrons. The van der Waals surface area contributed by atoms with Crippen LogP contribution in [0.1, 0.15) is 6.92 Å². The number of aliphatic hydroxyl groups is 1. The molecule has 0 saturated heterocycles. The van der Waals surface area contributed by atoms with Gasteiger partial charge in [-0.2, -0.15) is 0 Å². The predicted octanol–water partition coefficient (Wildman–Crippen LogP) is -0.606. The fraction of sp³-hybridized carbons (Fsp3) is 0.500. The molecule has 0 aromatic rings. The van der Waals surface area contributed by atoms with Crippen LogP contribution < -0.4 is 5.73 Å². The number of aliphatic hydroxyl groups excluding tert-OH is 1. The van der Waals surface area contributed by atoms with Gasteiger partial charge in [-0.1, -0.05) is 0 Å². The van der Waals surface area contributed by atoms with E-state index in [9.17, 15) is 9.59 Å². The summed E-state index contributed by atoms with van der Waals surface area (Å²) in [5.41, 5.74) is 4.80. The minimum absolute atomic E-state index is 0.372. The Morgan fingerprint density at radius 3 is 2.22 bits per heavy atom. The highest BCUT2D eigenvalue weighted by Gasteiger charge is 2.13. The van der Waals surface area contributed by atoms with Crippen molar-refractivity contribution in [1.29, 1.82) is 0 Å². The van der Waals surface area contributed by atoms with E-state index in [1.165, 1.54) is 6.92 Å². The molecule has 9 heavy (non-hydrogen) atoms. The largest absolute Gasteiger partial charge is 0.373 e. The fourth-order valence-corrected chi connectivity index (χ4v) is 0.632. The molecular formula is C4H6NO3S. The molecule has 0 bridgehead atoms. The molecule has 0 saturated carbocycles. The number of nitrogens with one attached hydrogen (secondary N) is 1. The van der Waals surface area contributed by atoms with Gasteiger partial charge in [0.25, 0.3) is 5.91 Å². The molecule has 0 aliphatic carbocycles. The smallest absolute Gasteiger partial charge is 0.278 e. The summed E-state index contributed by atoms with van der Waals surface area (Å²) >= 11 is 0.442. The summed E-state index contributed by atoms with van der Waals surface area (Å²) < 4.78 is 0. The van der Waals surface area contributed by atoms with Gasteiger partial charge in [-0.25, -0.2) is 0 Å². The van der Waals surface area contributed by atoms with Crippen LogP contribution >= 0.6 is 11.8 Å². The van der Waals surface area contributed by atoms with E-state index in [2.05, 4.69) is 0 Å². The zero-order valence-corrected chi connectivity index (χ0v) is 5.57. The fourth-order valence-electron chi connectivity index (χ4n) is 0.211. The van der Waals surface area contributed by atoms with E-state index in [0.29, 0.717) is 11.8 Å². The normalized spacial score (nSPS) is 12.7. The van der Waals surface area contributed by atoms with Crippen molar-refractivity contribution in [3.05, 3.63) is 0 Å². The van der Waals surface area contributed by atoms with E-state index < -0.39 is 11.3 Å². The highest BCUT2D eigenvalue weighted by atomic mass is 32.2. The second-order valence-corrected chi connectivity index (χ2v) is 2.58. The Morgan fingerprint density at radius 2 is 2.11 bits per heavy atom. The first-order valence-electron chi connectivity index (χ1n) is 2.14. The van der Waals surface area contributed by atoms with Crippen LogP contribution in [0, 0.1) is 0 Å². The third kappa shape index (κ3) is 3.99. The van der Waals surface area contributed by atoms with Crippen molar-refractivity contribution in [1.82, 2.24) is 5.73 Å². The molecule has 0 heterocycles. The SMILES string of the molecule is CC(=O)S[C@H](O)C([NH])=O. The number of amides is 1. The van der Waals surface area contributed by atoms with E-state index in [-0.39, 0.29) is 5.12 Å².